The SMILES string of the molecule is CCOC1CC(Nc2ccc(OC(F)F)cc2)C12CCC2. The topological polar surface area (TPSA) is 30.5 Å². The summed E-state index contributed by atoms with van der Waals surface area (Å²) in [6.07, 6.45) is 5.07. The minimum atomic E-state index is -2.78. The Morgan fingerprint density at radius 3 is 2.52 bits per heavy atom. The molecular weight excluding hydrogens is 276 g/mol. The Hall–Kier alpha value is -1.36. The maximum Gasteiger partial charge on any atom is 0.387 e. The first kappa shape index (κ1) is 14.6. The first-order chi connectivity index (χ1) is 10.1. The molecule has 3 rings (SSSR count). The van der Waals surface area contributed by atoms with E-state index in [0.717, 1.165) is 18.7 Å². The van der Waals surface area contributed by atoms with Crippen LogP contribution in [0.25, 0.3) is 0 Å². The van der Waals surface area contributed by atoms with Gasteiger partial charge in [-0.1, -0.05) is 6.42 Å². The van der Waals surface area contributed by atoms with Gasteiger partial charge in [0.25, 0.3) is 0 Å². The van der Waals surface area contributed by atoms with Gasteiger partial charge in [0.15, 0.2) is 0 Å². The van der Waals surface area contributed by atoms with E-state index < -0.39 is 6.61 Å². The van der Waals surface area contributed by atoms with Gasteiger partial charge in [0, 0.05) is 23.8 Å². The van der Waals surface area contributed by atoms with Gasteiger partial charge in [0.05, 0.1) is 6.10 Å². The monoisotopic (exact) mass is 297 g/mol. The normalized spacial score (nSPS) is 26.3. The number of halogens is 2. The number of hydrogen-bond donors (Lipinski definition) is 1. The fourth-order valence-electron chi connectivity index (χ4n) is 3.57. The molecule has 2 atom stereocenters. The van der Waals surface area contributed by atoms with E-state index in [-0.39, 0.29) is 11.2 Å². The van der Waals surface area contributed by atoms with Gasteiger partial charge >= 0.3 is 6.61 Å². The lowest BCUT2D eigenvalue weighted by atomic mass is 9.51. The van der Waals surface area contributed by atoms with Gasteiger partial charge in [-0.2, -0.15) is 8.78 Å². The number of rotatable bonds is 6. The molecule has 2 aliphatic rings. The third kappa shape index (κ3) is 2.71. The summed E-state index contributed by atoms with van der Waals surface area (Å²) in [6, 6.07) is 7.14. The van der Waals surface area contributed by atoms with E-state index in [9.17, 15) is 8.78 Å². The lowest BCUT2D eigenvalue weighted by molar-refractivity contribution is -0.157. The lowest BCUT2D eigenvalue weighted by Crippen LogP contribution is -2.64. The molecule has 2 unspecified atom stereocenters. The summed E-state index contributed by atoms with van der Waals surface area (Å²) in [7, 11) is 0. The highest BCUT2D eigenvalue weighted by Gasteiger charge is 2.58. The molecule has 0 saturated heterocycles. The Labute approximate surface area is 123 Å². The molecule has 0 heterocycles. The predicted molar refractivity (Wildman–Crippen MR) is 76.8 cm³/mol. The van der Waals surface area contributed by atoms with Crippen molar-refractivity contribution >= 4 is 5.69 Å². The number of ether oxygens (including phenoxy) is 2. The summed E-state index contributed by atoms with van der Waals surface area (Å²) >= 11 is 0. The van der Waals surface area contributed by atoms with Crippen LogP contribution in [0, 0.1) is 5.41 Å². The van der Waals surface area contributed by atoms with Crippen LogP contribution in [-0.4, -0.2) is 25.4 Å². The number of nitrogens with one attached hydrogen (secondary N) is 1. The summed E-state index contributed by atoms with van der Waals surface area (Å²) in [4.78, 5) is 0. The summed E-state index contributed by atoms with van der Waals surface area (Å²) in [5.74, 6) is 0.190. The van der Waals surface area contributed by atoms with E-state index >= 15 is 0 Å². The molecule has 2 aliphatic carbocycles. The van der Waals surface area contributed by atoms with Gasteiger partial charge in [-0.3, -0.25) is 0 Å². The average molecular weight is 297 g/mol. The van der Waals surface area contributed by atoms with Crippen LogP contribution in [0.3, 0.4) is 0 Å². The van der Waals surface area contributed by atoms with Crippen molar-refractivity contribution < 1.29 is 18.3 Å². The average Bonchev–Trinajstić information content (AvgIpc) is 2.37. The molecule has 1 aromatic rings. The van der Waals surface area contributed by atoms with Gasteiger partial charge in [0.2, 0.25) is 0 Å². The second-order valence-corrected chi connectivity index (χ2v) is 5.87. The first-order valence-corrected chi connectivity index (χ1v) is 7.57. The largest absolute Gasteiger partial charge is 0.435 e. The molecule has 5 heteroatoms. The van der Waals surface area contributed by atoms with Gasteiger partial charge < -0.3 is 14.8 Å². The molecular formula is C16H21F2NO2. The van der Waals surface area contributed by atoms with Crippen LogP contribution >= 0.6 is 0 Å². The second kappa shape index (κ2) is 5.79. The number of hydrogen-bond acceptors (Lipinski definition) is 3. The summed E-state index contributed by atoms with van der Waals surface area (Å²) in [5.41, 5.74) is 1.23. The van der Waals surface area contributed by atoms with Crippen molar-refractivity contribution in [2.75, 3.05) is 11.9 Å². The number of anilines is 1. The van der Waals surface area contributed by atoms with E-state index in [1.807, 2.05) is 6.92 Å². The minimum absolute atomic E-state index is 0.190. The molecule has 0 radical (unpaired) electrons. The van der Waals surface area contributed by atoms with Crippen LogP contribution in [0.1, 0.15) is 32.6 Å². The van der Waals surface area contributed by atoms with Crippen molar-refractivity contribution in [2.24, 2.45) is 5.41 Å². The van der Waals surface area contributed by atoms with Crippen molar-refractivity contribution in [1.29, 1.82) is 0 Å². The van der Waals surface area contributed by atoms with E-state index in [0.29, 0.717) is 12.1 Å². The van der Waals surface area contributed by atoms with E-state index in [1.54, 1.807) is 24.3 Å². The van der Waals surface area contributed by atoms with Crippen molar-refractivity contribution in [3.05, 3.63) is 24.3 Å². The molecule has 2 fully saturated rings. The molecule has 1 aromatic carbocycles. The van der Waals surface area contributed by atoms with Crippen LogP contribution < -0.4 is 10.1 Å². The van der Waals surface area contributed by atoms with E-state index in [1.165, 1.54) is 19.3 Å². The van der Waals surface area contributed by atoms with Crippen LogP contribution in [0.2, 0.25) is 0 Å². The zero-order valence-electron chi connectivity index (χ0n) is 12.1. The van der Waals surface area contributed by atoms with Crippen LogP contribution in [0.15, 0.2) is 24.3 Å². The Morgan fingerprint density at radius 2 is 2.00 bits per heavy atom. The summed E-state index contributed by atoms with van der Waals surface area (Å²) in [6.45, 7) is 0.0221. The smallest absolute Gasteiger partial charge is 0.387 e. The molecule has 0 bridgehead atoms. The van der Waals surface area contributed by atoms with Crippen molar-refractivity contribution in [1.82, 2.24) is 0 Å². The maximum atomic E-state index is 12.1. The third-order valence-electron chi connectivity index (χ3n) is 4.86. The summed E-state index contributed by atoms with van der Waals surface area (Å²) in [5, 5.41) is 3.52. The fraction of sp³-hybridized carbons (Fsp3) is 0.625. The number of alkyl halides is 2. The molecule has 1 N–H and O–H groups in total. The van der Waals surface area contributed by atoms with Gasteiger partial charge in [-0.05, 0) is 50.5 Å². The standard InChI is InChI=1S/C16H21F2NO2/c1-2-20-14-10-13(16(14)8-3-9-16)19-11-4-6-12(7-5-11)21-15(17)18/h4-7,13-15,19H,2-3,8-10H2,1H3. The highest BCUT2D eigenvalue weighted by Crippen LogP contribution is 2.58. The molecule has 1 spiro atoms. The van der Waals surface area contributed by atoms with E-state index in [4.69, 9.17) is 4.74 Å². The molecule has 0 amide bonds. The molecule has 0 aliphatic heterocycles. The Kier molecular flexibility index (Phi) is 4.02. The number of benzene rings is 1. The Morgan fingerprint density at radius 1 is 1.29 bits per heavy atom. The van der Waals surface area contributed by atoms with E-state index in [2.05, 4.69) is 10.1 Å². The Bertz CT molecular complexity index is 474. The molecule has 3 nitrogen and oxygen atoms in total. The quantitative estimate of drug-likeness (QED) is 0.859. The van der Waals surface area contributed by atoms with Gasteiger partial charge in [0.1, 0.15) is 5.75 Å². The fourth-order valence-corrected chi connectivity index (χ4v) is 3.57. The molecule has 21 heavy (non-hydrogen) atoms. The Balaban J connectivity index is 1.60. The van der Waals surface area contributed by atoms with Crippen LogP contribution in [0.4, 0.5) is 14.5 Å². The van der Waals surface area contributed by atoms with Crippen molar-refractivity contribution in [3.63, 3.8) is 0 Å². The maximum absolute atomic E-state index is 12.1. The summed E-state index contributed by atoms with van der Waals surface area (Å²) < 4.78 is 34.4. The zero-order valence-corrected chi connectivity index (χ0v) is 12.1. The second-order valence-electron chi connectivity index (χ2n) is 5.87. The highest BCUT2D eigenvalue weighted by atomic mass is 19.3. The highest BCUT2D eigenvalue weighted by molar-refractivity contribution is 5.48. The third-order valence-corrected chi connectivity index (χ3v) is 4.86. The first-order valence-electron chi connectivity index (χ1n) is 7.57. The molecule has 2 saturated carbocycles. The zero-order chi connectivity index (χ0) is 14.9. The minimum Gasteiger partial charge on any atom is -0.435 e. The van der Waals surface area contributed by atoms with Crippen molar-refractivity contribution in [2.45, 2.75) is 51.4 Å². The van der Waals surface area contributed by atoms with Gasteiger partial charge in [-0.15, -0.1) is 0 Å². The van der Waals surface area contributed by atoms with Gasteiger partial charge in [-0.25, -0.2) is 0 Å². The molecule has 116 valence electrons. The molecule has 0 aromatic heterocycles. The van der Waals surface area contributed by atoms with Crippen LogP contribution in [-0.2, 0) is 4.74 Å². The predicted octanol–water partition coefficient (Wildman–Crippen LogP) is 4.05. The van der Waals surface area contributed by atoms with Crippen molar-refractivity contribution in [3.8, 4) is 5.75 Å². The lowest BCUT2D eigenvalue weighted by Gasteiger charge is -2.61. The van der Waals surface area contributed by atoms with Crippen LogP contribution in [0.5, 0.6) is 5.75 Å².